The fourth-order valence-electron chi connectivity index (χ4n) is 1.28. The number of rotatable bonds is 4. The largest absolute Gasteiger partial charge is 0.484 e. The zero-order chi connectivity index (χ0) is 14.5. The first-order valence-corrected chi connectivity index (χ1v) is 5.29. The van der Waals surface area contributed by atoms with E-state index in [1.165, 1.54) is 25.1 Å². The second kappa shape index (κ2) is 6.09. The Hall–Kier alpha value is -2.23. The molecule has 1 rings (SSSR count). The summed E-state index contributed by atoms with van der Waals surface area (Å²) >= 11 is 0. The number of hydrogen-bond donors (Lipinski definition) is 1. The Morgan fingerprint density at radius 2 is 2.16 bits per heavy atom. The number of halogens is 3. The van der Waals surface area contributed by atoms with Gasteiger partial charge in [0, 0.05) is 19.0 Å². The minimum Gasteiger partial charge on any atom is -0.484 e. The fraction of sp³-hybridized carbons (Fsp3) is 0.333. The zero-order valence-electron chi connectivity index (χ0n) is 10.0. The monoisotopic (exact) mass is 272 g/mol. The molecule has 1 N–H and O–H groups in total. The lowest BCUT2D eigenvalue weighted by atomic mass is 10.1. The third kappa shape index (κ3) is 5.29. The molecule has 19 heavy (non-hydrogen) atoms. The molecule has 0 spiro atoms. The van der Waals surface area contributed by atoms with Gasteiger partial charge >= 0.3 is 6.18 Å². The molecule has 1 amide bonds. The lowest BCUT2D eigenvalue weighted by Crippen LogP contribution is -2.22. The van der Waals surface area contributed by atoms with Crippen LogP contribution in [0.3, 0.4) is 0 Å². The molecule has 1 aromatic carbocycles. The van der Waals surface area contributed by atoms with Gasteiger partial charge in [-0.2, -0.15) is 18.4 Å². The summed E-state index contributed by atoms with van der Waals surface area (Å²) < 4.78 is 41.0. The number of nitrogens with zero attached hydrogens (tertiary/aromatic N) is 1. The van der Waals surface area contributed by atoms with Crippen molar-refractivity contribution in [3.8, 4) is 11.8 Å². The van der Waals surface area contributed by atoms with E-state index in [0.717, 1.165) is 0 Å². The molecule has 0 aliphatic heterocycles. The molecule has 0 saturated carbocycles. The van der Waals surface area contributed by atoms with Gasteiger partial charge in [-0.15, -0.1) is 0 Å². The maximum Gasteiger partial charge on any atom is 0.422 e. The summed E-state index contributed by atoms with van der Waals surface area (Å²) in [6.45, 7) is -0.122. The molecule has 0 fully saturated rings. The molecule has 0 heterocycles. The fourth-order valence-corrected chi connectivity index (χ4v) is 1.28. The maximum atomic E-state index is 12.1. The summed E-state index contributed by atoms with van der Waals surface area (Å²) in [4.78, 5) is 10.8. The quantitative estimate of drug-likeness (QED) is 0.913. The van der Waals surface area contributed by atoms with Crippen molar-refractivity contribution in [1.29, 1.82) is 5.26 Å². The third-order valence-electron chi connectivity index (χ3n) is 2.12. The Morgan fingerprint density at radius 3 is 2.68 bits per heavy atom. The average molecular weight is 272 g/mol. The van der Waals surface area contributed by atoms with Crippen molar-refractivity contribution in [3.63, 3.8) is 0 Å². The second-order valence-electron chi connectivity index (χ2n) is 3.75. The zero-order valence-corrected chi connectivity index (χ0v) is 10.0. The number of hydrogen-bond acceptors (Lipinski definition) is 3. The van der Waals surface area contributed by atoms with Crippen LogP contribution in [0.1, 0.15) is 18.1 Å². The van der Waals surface area contributed by atoms with E-state index in [-0.39, 0.29) is 23.8 Å². The summed E-state index contributed by atoms with van der Waals surface area (Å²) in [6, 6.07) is 5.91. The standard InChI is InChI=1S/C12H11F3N2O2/c1-8(18)17-6-10-3-2-9(5-16)4-11(10)19-7-12(13,14)15/h2-4H,6-7H2,1H3,(H,17,18). The van der Waals surface area contributed by atoms with Gasteiger partial charge in [-0.3, -0.25) is 4.79 Å². The van der Waals surface area contributed by atoms with Crippen LogP contribution in [0.25, 0.3) is 0 Å². The van der Waals surface area contributed by atoms with Crippen molar-refractivity contribution < 1.29 is 22.7 Å². The molecule has 7 heteroatoms. The van der Waals surface area contributed by atoms with E-state index >= 15 is 0 Å². The van der Waals surface area contributed by atoms with E-state index in [1.54, 1.807) is 0 Å². The normalized spacial score (nSPS) is 10.7. The number of nitriles is 1. The Labute approximate surface area is 107 Å². The van der Waals surface area contributed by atoms with Gasteiger partial charge in [-0.25, -0.2) is 0 Å². The molecule has 102 valence electrons. The number of amides is 1. The van der Waals surface area contributed by atoms with Gasteiger partial charge in [0.1, 0.15) is 5.75 Å². The molecule has 0 saturated heterocycles. The lowest BCUT2D eigenvalue weighted by molar-refractivity contribution is -0.153. The number of nitrogens with one attached hydrogen (secondary N) is 1. The molecular formula is C12H11F3N2O2. The van der Waals surface area contributed by atoms with Crippen LogP contribution < -0.4 is 10.1 Å². The van der Waals surface area contributed by atoms with Crippen LogP contribution in [-0.2, 0) is 11.3 Å². The number of ether oxygens (including phenoxy) is 1. The molecule has 0 unspecified atom stereocenters. The number of alkyl halides is 3. The van der Waals surface area contributed by atoms with Crippen LogP contribution >= 0.6 is 0 Å². The topological polar surface area (TPSA) is 62.1 Å². The average Bonchev–Trinajstić information content (AvgIpc) is 2.33. The summed E-state index contributed by atoms with van der Waals surface area (Å²) in [7, 11) is 0. The van der Waals surface area contributed by atoms with Gasteiger partial charge in [0.05, 0.1) is 11.6 Å². The molecular weight excluding hydrogens is 261 g/mol. The highest BCUT2D eigenvalue weighted by atomic mass is 19.4. The van der Waals surface area contributed by atoms with Crippen molar-refractivity contribution >= 4 is 5.91 Å². The summed E-state index contributed by atoms with van der Waals surface area (Å²) in [6.07, 6.45) is -4.46. The van der Waals surface area contributed by atoms with E-state index < -0.39 is 12.8 Å². The molecule has 0 aliphatic carbocycles. The lowest BCUT2D eigenvalue weighted by Gasteiger charge is -2.13. The van der Waals surface area contributed by atoms with E-state index in [4.69, 9.17) is 5.26 Å². The second-order valence-corrected chi connectivity index (χ2v) is 3.75. The highest BCUT2D eigenvalue weighted by Crippen LogP contribution is 2.23. The van der Waals surface area contributed by atoms with Gasteiger partial charge in [0.15, 0.2) is 6.61 Å². The van der Waals surface area contributed by atoms with Crippen LogP contribution in [0.2, 0.25) is 0 Å². The van der Waals surface area contributed by atoms with Crippen molar-refractivity contribution in [2.45, 2.75) is 19.6 Å². The first-order chi connectivity index (χ1) is 8.81. The molecule has 1 aromatic rings. The van der Waals surface area contributed by atoms with Crippen molar-refractivity contribution in [2.24, 2.45) is 0 Å². The molecule has 0 atom stereocenters. The van der Waals surface area contributed by atoms with Crippen molar-refractivity contribution in [2.75, 3.05) is 6.61 Å². The molecule has 0 aliphatic rings. The van der Waals surface area contributed by atoms with Crippen molar-refractivity contribution in [1.82, 2.24) is 5.32 Å². The maximum absolute atomic E-state index is 12.1. The predicted octanol–water partition coefficient (Wildman–Crippen LogP) is 2.14. The van der Waals surface area contributed by atoms with Crippen LogP contribution in [0, 0.1) is 11.3 Å². The van der Waals surface area contributed by atoms with Gasteiger partial charge < -0.3 is 10.1 Å². The Morgan fingerprint density at radius 1 is 1.47 bits per heavy atom. The smallest absolute Gasteiger partial charge is 0.422 e. The first-order valence-electron chi connectivity index (χ1n) is 5.29. The number of carbonyl (C=O) groups excluding carboxylic acids is 1. The van der Waals surface area contributed by atoms with Crippen LogP contribution in [0.15, 0.2) is 18.2 Å². The minimum absolute atomic E-state index is 0.0359. The number of benzene rings is 1. The predicted molar refractivity (Wildman–Crippen MR) is 60.2 cm³/mol. The third-order valence-corrected chi connectivity index (χ3v) is 2.12. The SMILES string of the molecule is CC(=O)NCc1ccc(C#N)cc1OCC(F)(F)F. The summed E-state index contributed by atoms with van der Waals surface area (Å²) in [5, 5.41) is 11.2. The minimum atomic E-state index is -4.46. The van der Waals surface area contributed by atoms with Gasteiger partial charge in [0.25, 0.3) is 0 Å². The van der Waals surface area contributed by atoms with Gasteiger partial charge in [-0.05, 0) is 12.1 Å². The molecule has 0 bridgehead atoms. The first kappa shape index (κ1) is 14.8. The number of carbonyl (C=O) groups is 1. The Kier molecular flexibility index (Phi) is 4.75. The van der Waals surface area contributed by atoms with Gasteiger partial charge in [0.2, 0.25) is 5.91 Å². The van der Waals surface area contributed by atoms with Crippen molar-refractivity contribution in [3.05, 3.63) is 29.3 Å². The van der Waals surface area contributed by atoms with E-state index in [9.17, 15) is 18.0 Å². The highest BCUT2D eigenvalue weighted by Gasteiger charge is 2.28. The summed E-state index contributed by atoms with van der Waals surface area (Å²) in [5.41, 5.74) is 0.558. The van der Waals surface area contributed by atoms with E-state index in [0.29, 0.717) is 5.56 Å². The van der Waals surface area contributed by atoms with Crippen LogP contribution in [-0.4, -0.2) is 18.7 Å². The van der Waals surface area contributed by atoms with Gasteiger partial charge in [-0.1, -0.05) is 6.07 Å². The van der Waals surface area contributed by atoms with Crippen LogP contribution in [0.5, 0.6) is 5.75 Å². The Bertz CT molecular complexity index is 507. The molecule has 4 nitrogen and oxygen atoms in total. The molecule has 0 aromatic heterocycles. The summed E-state index contributed by atoms with van der Waals surface area (Å²) in [5.74, 6) is -0.378. The van der Waals surface area contributed by atoms with E-state index in [1.807, 2.05) is 6.07 Å². The van der Waals surface area contributed by atoms with E-state index in [2.05, 4.69) is 10.1 Å². The Balaban J connectivity index is 2.89. The van der Waals surface area contributed by atoms with Crippen LogP contribution in [0.4, 0.5) is 13.2 Å². The highest BCUT2D eigenvalue weighted by molar-refractivity contribution is 5.72. The molecule has 0 radical (unpaired) electrons.